The van der Waals surface area contributed by atoms with Crippen LogP contribution in [0.4, 0.5) is 0 Å². The molecule has 1 saturated heterocycles. The van der Waals surface area contributed by atoms with Crippen LogP contribution in [0.15, 0.2) is 17.0 Å². The zero-order valence-corrected chi connectivity index (χ0v) is 17.6. The van der Waals surface area contributed by atoms with Crippen LogP contribution in [0.1, 0.15) is 48.8 Å². The summed E-state index contributed by atoms with van der Waals surface area (Å²) in [5.41, 5.74) is 2.48. The summed E-state index contributed by atoms with van der Waals surface area (Å²) >= 11 is 0. The summed E-state index contributed by atoms with van der Waals surface area (Å²) in [7, 11) is -3.61. The molecule has 0 bridgehead atoms. The Hall–Kier alpha value is -1.44. The maximum Gasteiger partial charge on any atom is 0.241 e. The largest absolute Gasteiger partial charge is 0.356 e. The van der Waals surface area contributed by atoms with E-state index in [-0.39, 0.29) is 18.9 Å². The SMILES string of the molecule is Cc1cc(C)c(S(=O)(=O)NCCC(=O)NCCCN2CCCCC2)c(C)c1. The van der Waals surface area contributed by atoms with E-state index in [2.05, 4.69) is 14.9 Å². The molecule has 0 spiro atoms. The number of carbonyl (C=O) groups excluding carboxylic acids is 1. The number of hydrogen-bond acceptors (Lipinski definition) is 4. The van der Waals surface area contributed by atoms with Crippen molar-refractivity contribution < 1.29 is 13.2 Å². The van der Waals surface area contributed by atoms with Gasteiger partial charge >= 0.3 is 0 Å². The third kappa shape index (κ3) is 6.90. The van der Waals surface area contributed by atoms with Gasteiger partial charge in [-0.25, -0.2) is 13.1 Å². The van der Waals surface area contributed by atoms with Crippen molar-refractivity contribution in [2.24, 2.45) is 0 Å². The number of carbonyl (C=O) groups is 1. The summed E-state index contributed by atoms with van der Waals surface area (Å²) in [4.78, 5) is 14.7. The van der Waals surface area contributed by atoms with Crippen LogP contribution in [-0.4, -0.2) is 51.9 Å². The molecule has 1 aliphatic rings. The van der Waals surface area contributed by atoms with Crippen LogP contribution in [0.2, 0.25) is 0 Å². The maximum absolute atomic E-state index is 12.6. The minimum Gasteiger partial charge on any atom is -0.356 e. The van der Waals surface area contributed by atoms with Gasteiger partial charge in [-0.3, -0.25) is 4.79 Å². The van der Waals surface area contributed by atoms with Gasteiger partial charge in [0.25, 0.3) is 0 Å². The molecule has 1 amide bonds. The molecular weight excluding hydrogens is 362 g/mol. The molecule has 0 radical (unpaired) electrons. The van der Waals surface area contributed by atoms with E-state index in [0.29, 0.717) is 11.4 Å². The second kappa shape index (κ2) is 10.2. The highest BCUT2D eigenvalue weighted by Gasteiger charge is 2.19. The van der Waals surface area contributed by atoms with Crippen molar-refractivity contribution in [1.82, 2.24) is 14.9 Å². The van der Waals surface area contributed by atoms with Crippen molar-refractivity contribution in [3.63, 3.8) is 0 Å². The van der Waals surface area contributed by atoms with Gasteiger partial charge in [0.15, 0.2) is 0 Å². The molecule has 7 heteroatoms. The first-order valence-electron chi connectivity index (χ1n) is 9.86. The summed E-state index contributed by atoms with van der Waals surface area (Å²) in [5.74, 6) is -0.117. The van der Waals surface area contributed by atoms with Crippen LogP contribution >= 0.6 is 0 Å². The molecule has 0 aromatic heterocycles. The number of piperidine rings is 1. The first-order valence-corrected chi connectivity index (χ1v) is 11.3. The van der Waals surface area contributed by atoms with Crippen molar-refractivity contribution in [2.45, 2.75) is 57.8 Å². The highest BCUT2D eigenvalue weighted by Crippen LogP contribution is 2.21. The van der Waals surface area contributed by atoms with Crippen LogP contribution in [0.25, 0.3) is 0 Å². The van der Waals surface area contributed by atoms with Crippen molar-refractivity contribution in [1.29, 1.82) is 0 Å². The van der Waals surface area contributed by atoms with E-state index in [1.165, 1.54) is 19.3 Å². The van der Waals surface area contributed by atoms with Crippen molar-refractivity contribution in [2.75, 3.05) is 32.7 Å². The molecule has 0 unspecified atom stereocenters. The quantitative estimate of drug-likeness (QED) is 0.629. The van der Waals surface area contributed by atoms with Crippen LogP contribution in [0, 0.1) is 20.8 Å². The topological polar surface area (TPSA) is 78.5 Å². The molecular formula is C20H33N3O3S. The van der Waals surface area contributed by atoms with Gasteiger partial charge < -0.3 is 10.2 Å². The lowest BCUT2D eigenvalue weighted by atomic mass is 10.1. The average Bonchev–Trinajstić information content (AvgIpc) is 2.58. The highest BCUT2D eigenvalue weighted by molar-refractivity contribution is 7.89. The summed E-state index contributed by atoms with van der Waals surface area (Å²) in [6.45, 7) is 9.61. The molecule has 1 aromatic carbocycles. The van der Waals surface area contributed by atoms with Gasteiger partial charge in [0.1, 0.15) is 0 Å². The molecule has 0 saturated carbocycles. The first kappa shape index (κ1) is 21.9. The van der Waals surface area contributed by atoms with Gasteiger partial charge in [-0.05, 0) is 70.8 Å². The van der Waals surface area contributed by atoms with Crippen molar-refractivity contribution in [3.05, 3.63) is 28.8 Å². The van der Waals surface area contributed by atoms with Gasteiger partial charge in [0, 0.05) is 19.5 Å². The Morgan fingerprint density at radius 2 is 1.67 bits per heavy atom. The second-order valence-corrected chi connectivity index (χ2v) is 9.19. The van der Waals surface area contributed by atoms with E-state index in [1.54, 1.807) is 13.8 Å². The van der Waals surface area contributed by atoms with Gasteiger partial charge in [-0.1, -0.05) is 24.1 Å². The van der Waals surface area contributed by atoms with Crippen LogP contribution in [0.5, 0.6) is 0 Å². The lowest BCUT2D eigenvalue weighted by Gasteiger charge is -2.26. The zero-order chi connectivity index (χ0) is 19.9. The molecule has 1 aromatic rings. The Kier molecular flexibility index (Phi) is 8.26. The van der Waals surface area contributed by atoms with Crippen molar-refractivity contribution in [3.8, 4) is 0 Å². The predicted molar refractivity (Wildman–Crippen MR) is 108 cm³/mol. The lowest BCUT2D eigenvalue weighted by molar-refractivity contribution is -0.120. The molecule has 1 aliphatic heterocycles. The fourth-order valence-electron chi connectivity index (χ4n) is 3.76. The Morgan fingerprint density at radius 3 is 2.30 bits per heavy atom. The third-order valence-electron chi connectivity index (χ3n) is 4.94. The monoisotopic (exact) mass is 395 g/mol. The molecule has 27 heavy (non-hydrogen) atoms. The molecule has 2 rings (SSSR count). The molecule has 0 atom stereocenters. The van der Waals surface area contributed by atoms with E-state index in [4.69, 9.17) is 0 Å². The molecule has 0 aliphatic carbocycles. The smallest absolute Gasteiger partial charge is 0.241 e. The van der Waals surface area contributed by atoms with Gasteiger partial charge in [-0.15, -0.1) is 0 Å². The van der Waals surface area contributed by atoms with Crippen LogP contribution in [-0.2, 0) is 14.8 Å². The third-order valence-corrected chi connectivity index (χ3v) is 6.71. The highest BCUT2D eigenvalue weighted by atomic mass is 32.2. The lowest BCUT2D eigenvalue weighted by Crippen LogP contribution is -2.34. The molecule has 152 valence electrons. The predicted octanol–water partition coefficient (Wildman–Crippen LogP) is 2.27. The molecule has 2 N–H and O–H groups in total. The van der Waals surface area contributed by atoms with E-state index < -0.39 is 10.0 Å². The zero-order valence-electron chi connectivity index (χ0n) is 16.8. The molecule has 1 heterocycles. The molecule has 1 fully saturated rings. The number of nitrogens with zero attached hydrogens (tertiary/aromatic N) is 1. The van der Waals surface area contributed by atoms with Gasteiger partial charge in [0.05, 0.1) is 4.90 Å². The number of rotatable bonds is 9. The van der Waals surface area contributed by atoms with Gasteiger partial charge in [0.2, 0.25) is 15.9 Å². The second-order valence-electron chi connectivity index (χ2n) is 7.48. The normalized spacial score (nSPS) is 15.7. The number of hydrogen-bond donors (Lipinski definition) is 2. The van der Waals surface area contributed by atoms with Gasteiger partial charge in [-0.2, -0.15) is 0 Å². The Labute approximate surface area is 163 Å². The number of amides is 1. The minimum atomic E-state index is -3.61. The fraction of sp³-hybridized carbons (Fsp3) is 0.650. The number of benzene rings is 1. The standard InChI is InChI=1S/C20H33N3O3S/c1-16-14-17(2)20(18(3)15-16)27(25,26)22-10-8-19(24)21-9-7-13-23-11-5-4-6-12-23/h14-15,22H,4-13H2,1-3H3,(H,21,24). The summed E-state index contributed by atoms with van der Waals surface area (Å²) in [5, 5.41) is 2.88. The van der Waals surface area contributed by atoms with E-state index in [9.17, 15) is 13.2 Å². The van der Waals surface area contributed by atoms with E-state index in [1.807, 2.05) is 19.1 Å². The number of nitrogens with one attached hydrogen (secondary N) is 2. The number of sulfonamides is 1. The average molecular weight is 396 g/mol. The van der Waals surface area contributed by atoms with Crippen LogP contribution < -0.4 is 10.0 Å². The van der Waals surface area contributed by atoms with Crippen molar-refractivity contribution >= 4 is 15.9 Å². The minimum absolute atomic E-state index is 0.104. The summed E-state index contributed by atoms with van der Waals surface area (Å²) < 4.78 is 27.7. The Bertz CT molecular complexity index is 718. The maximum atomic E-state index is 12.6. The van der Waals surface area contributed by atoms with E-state index in [0.717, 1.165) is 42.7 Å². The summed E-state index contributed by atoms with van der Waals surface area (Å²) in [6, 6.07) is 3.72. The summed E-state index contributed by atoms with van der Waals surface area (Å²) in [6.07, 6.45) is 4.94. The number of aryl methyl sites for hydroxylation is 3. The molecule has 6 nitrogen and oxygen atoms in total. The fourth-order valence-corrected chi connectivity index (χ4v) is 5.24. The Morgan fingerprint density at radius 1 is 1.04 bits per heavy atom. The Balaban J connectivity index is 1.71. The van der Waals surface area contributed by atoms with E-state index >= 15 is 0 Å². The van der Waals surface area contributed by atoms with Crippen LogP contribution in [0.3, 0.4) is 0 Å². The number of likely N-dealkylation sites (tertiary alicyclic amines) is 1. The first-order chi connectivity index (χ1) is 12.8.